The van der Waals surface area contributed by atoms with Crippen LogP contribution in [0.4, 0.5) is 4.39 Å². The lowest BCUT2D eigenvalue weighted by atomic mass is 10.2. The van der Waals surface area contributed by atoms with Gasteiger partial charge in [0.05, 0.1) is 13.2 Å². The highest BCUT2D eigenvalue weighted by atomic mass is 19.1. The van der Waals surface area contributed by atoms with E-state index >= 15 is 0 Å². The third-order valence-corrected chi connectivity index (χ3v) is 2.16. The van der Waals surface area contributed by atoms with E-state index < -0.39 is 5.82 Å². The zero-order valence-electron chi connectivity index (χ0n) is 9.91. The molecule has 5 heteroatoms. The number of rotatable bonds is 8. The number of aliphatic hydroxyl groups excluding tert-OH is 1. The third-order valence-electron chi connectivity index (χ3n) is 2.16. The average Bonchev–Trinajstić information content (AvgIpc) is 2.34. The molecule has 0 bridgehead atoms. The van der Waals surface area contributed by atoms with Crippen molar-refractivity contribution in [3.8, 4) is 5.75 Å². The Morgan fingerprint density at radius 2 is 2.18 bits per heavy atom. The highest BCUT2D eigenvalue weighted by Crippen LogP contribution is 2.18. The minimum atomic E-state index is -0.413. The van der Waals surface area contributed by atoms with Crippen molar-refractivity contribution in [1.82, 2.24) is 5.32 Å². The van der Waals surface area contributed by atoms with Gasteiger partial charge in [-0.3, -0.25) is 0 Å². The molecule has 0 aromatic heterocycles. The Morgan fingerprint density at radius 3 is 2.82 bits per heavy atom. The van der Waals surface area contributed by atoms with Gasteiger partial charge in [0.15, 0.2) is 11.6 Å². The molecule has 17 heavy (non-hydrogen) atoms. The molecule has 0 saturated heterocycles. The molecule has 0 amide bonds. The summed E-state index contributed by atoms with van der Waals surface area (Å²) in [6.45, 7) is 1.91. The molecule has 0 aliphatic carbocycles. The summed E-state index contributed by atoms with van der Waals surface area (Å²) in [5.74, 6) is -0.246. The van der Waals surface area contributed by atoms with Crippen LogP contribution in [-0.4, -0.2) is 38.6 Å². The lowest BCUT2D eigenvalue weighted by Crippen LogP contribution is -2.18. The topological polar surface area (TPSA) is 50.7 Å². The van der Waals surface area contributed by atoms with Gasteiger partial charge < -0.3 is 19.9 Å². The fourth-order valence-electron chi connectivity index (χ4n) is 1.33. The van der Waals surface area contributed by atoms with E-state index in [9.17, 15) is 4.39 Å². The van der Waals surface area contributed by atoms with Gasteiger partial charge in [-0.25, -0.2) is 4.39 Å². The normalized spacial score (nSPS) is 10.5. The summed E-state index contributed by atoms with van der Waals surface area (Å²) in [5, 5.41) is 11.7. The summed E-state index contributed by atoms with van der Waals surface area (Å²) < 4.78 is 23.4. The SMILES string of the molecule is COCCNCc1ccc(OCCO)c(F)c1. The Labute approximate surface area is 100 Å². The Hall–Kier alpha value is -1.17. The predicted octanol–water partition coefficient (Wildman–Crippen LogP) is 0.933. The van der Waals surface area contributed by atoms with Crippen LogP contribution in [0.15, 0.2) is 18.2 Å². The van der Waals surface area contributed by atoms with Crippen LogP contribution in [0, 0.1) is 5.82 Å². The van der Waals surface area contributed by atoms with Crippen LogP contribution in [0.3, 0.4) is 0 Å². The van der Waals surface area contributed by atoms with Gasteiger partial charge >= 0.3 is 0 Å². The number of halogens is 1. The predicted molar refractivity (Wildman–Crippen MR) is 62.6 cm³/mol. The van der Waals surface area contributed by atoms with Crippen LogP contribution < -0.4 is 10.1 Å². The van der Waals surface area contributed by atoms with Crippen molar-refractivity contribution in [2.75, 3.05) is 33.5 Å². The molecule has 0 radical (unpaired) electrons. The van der Waals surface area contributed by atoms with Gasteiger partial charge in [0, 0.05) is 20.2 Å². The first-order valence-corrected chi connectivity index (χ1v) is 5.49. The molecule has 4 nitrogen and oxygen atoms in total. The Morgan fingerprint density at radius 1 is 1.35 bits per heavy atom. The first-order valence-electron chi connectivity index (χ1n) is 5.49. The van der Waals surface area contributed by atoms with Gasteiger partial charge in [-0.2, -0.15) is 0 Å². The molecule has 0 aliphatic heterocycles. The fraction of sp³-hybridized carbons (Fsp3) is 0.500. The zero-order chi connectivity index (χ0) is 12.5. The zero-order valence-corrected chi connectivity index (χ0v) is 9.91. The molecule has 1 aromatic rings. The monoisotopic (exact) mass is 243 g/mol. The van der Waals surface area contributed by atoms with Crippen LogP contribution >= 0.6 is 0 Å². The molecule has 2 N–H and O–H groups in total. The van der Waals surface area contributed by atoms with Crippen molar-refractivity contribution in [2.45, 2.75) is 6.54 Å². The van der Waals surface area contributed by atoms with Crippen molar-refractivity contribution in [3.05, 3.63) is 29.6 Å². The number of methoxy groups -OCH3 is 1. The van der Waals surface area contributed by atoms with Gasteiger partial charge in [0.1, 0.15) is 6.61 Å². The summed E-state index contributed by atoms with van der Waals surface area (Å²) in [6.07, 6.45) is 0. The molecule has 0 saturated carbocycles. The first-order chi connectivity index (χ1) is 8.27. The molecule has 96 valence electrons. The molecule has 0 atom stereocenters. The first kappa shape index (κ1) is 13.9. The highest BCUT2D eigenvalue weighted by molar-refractivity contribution is 5.29. The molecule has 0 aliphatic rings. The molecule has 0 heterocycles. The van der Waals surface area contributed by atoms with Crippen LogP contribution in [0.25, 0.3) is 0 Å². The molecule has 0 spiro atoms. The van der Waals surface area contributed by atoms with E-state index in [-0.39, 0.29) is 19.0 Å². The largest absolute Gasteiger partial charge is 0.488 e. The molecule has 0 fully saturated rings. The molecular weight excluding hydrogens is 225 g/mol. The number of aliphatic hydroxyl groups is 1. The number of benzene rings is 1. The third kappa shape index (κ3) is 5.12. The van der Waals surface area contributed by atoms with Crippen molar-refractivity contribution < 1.29 is 19.0 Å². The van der Waals surface area contributed by atoms with Crippen LogP contribution in [-0.2, 0) is 11.3 Å². The fourth-order valence-corrected chi connectivity index (χ4v) is 1.33. The van der Waals surface area contributed by atoms with Gasteiger partial charge in [-0.05, 0) is 17.7 Å². The molecule has 1 aromatic carbocycles. The van der Waals surface area contributed by atoms with Gasteiger partial charge in [0.2, 0.25) is 0 Å². The Kier molecular flexibility index (Phi) is 6.54. The van der Waals surface area contributed by atoms with E-state index in [4.69, 9.17) is 14.6 Å². The maximum Gasteiger partial charge on any atom is 0.165 e. The minimum absolute atomic E-state index is 0.0996. The molecular formula is C12H18FNO3. The van der Waals surface area contributed by atoms with Crippen molar-refractivity contribution in [3.63, 3.8) is 0 Å². The quantitative estimate of drug-likeness (QED) is 0.667. The number of hydrogen-bond acceptors (Lipinski definition) is 4. The van der Waals surface area contributed by atoms with E-state index in [1.165, 1.54) is 6.07 Å². The van der Waals surface area contributed by atoms with Crippen molar-refractivity contribution in [1.29, 1.82) is 0 Å². The van der Waals surface area contributed by atoms with Gasteiger partial charge in [-0.1, -0.05) is 6.07 Å². The van der Waals surface area contributed by atoms with E-state index in [1.54, 1.807) is 19.2 Å². The summed E-state index contributed by atoms with van der Waals surface area (Å²) >= 11 is 0. The smallest absolute Gasteiger partial charge is 0.165 e. The van der Waals surface area contributed by atoms with Gasteiger partial charge in [-0.15, -0.1) is 0 Å². The maximum atomic E-state index is 13.5. The van der Waals surface area contributed by atoms with E-state index in [1.807, 2.05) is 0 Å². The summed E-state index contributed by atoms with van der Waals surface area (Å²) in [4.78, 5) is 0. The number of hydrogen-bond donors (Lipinski definition) is 2. The Balaban J connectivity index is 2.44. The van der Waals surface area contributed by atoms with E-state index in [2.05, 4.69) is 5.32 Å². The highest BCUT2D eigenvalue weighted by Gasteiger charge is 2.04. The lowest BCUT2D eigenvalue weighted by molar-refractivity contribution is 0.196. The number of nitrogens with one attached hydrogen (secondary N) is 1. The second-order valence-electron chi connectivity index (χ2n) is 3.51. The average molecular weight is 243 g/mol. The standard InChI is InChI=1S/C12H18FNO3/c1-16-6-4-14-9-10-2-3-12(11(13)8-10)17-7-5-15/h2-3,8,14-15H,4-7,9H2,1H3. The van der Waals surface area contributed by atoms with Crippen LogP contribution in [0.5, 0.6) is 5.75 Å². The summed E-state index contributed by atoms with van der Waals surface area (Å²) in [5.41, 5.74) is 0.843. The summed E-state index contributed by atoms with van der Waals surface area (Å²) in [7, 11) is 1.63. The molecule has 1 rings (SSSR count). The van der Waals surface area contributed by atoms with Crippen molar-refractivity contribution in [2.24, 2.45) is 0 Å². The van der Waals surface area contributed by atoms with E-state index in [0.717, 1.165) is 12.1 Å². The van der Waals surface area contributed by atoms with Crippen LogP contribution in [0.2, 0.25) is 0 Å². The minimum Gasteiger partial charge on any atom is -0.488 e. The van der Waals surface area contributed by atoms with E-state index in [0.29, 0.717) is 13.2 Å². The second-order valence-corrected chi connectivity index (χ2v) is 3.51. The van der Waals surface area contributed by atoms with Crippen LogP contribution in [0.1, 0.15) is 5.56 Å². The second kappa shape index (κ2) is 8.00. The lowest BCUT2D eigenvalue weighted by Gasteiger charge is -2.08. The summed E-state index contributed by atoms with van der Waals surface area (Å²) in [6, 6.07) is 4.78. The molecule has 0 unspecified atom stereocenters. The van der Waals surface area contributed by atoms with Crippen molar-refractivity contribution >= 4 is 0 Å². The Bertz CT molecular complexity index is 334. The number of ether oxygens (including phenoxy) is 2. The van der Waals surface area contributed by atoms with Gasteiger partial charge in [0.25, 0.3) is 0 Å². The maximum absolute atomic E-state index is 13.5.